The number of pyridine rings is 1. The molecule has 0 spiro atoms. The smallest absolute Gasteiger partial charge is 0.329 e. The standard InChI is InChI=1S/C28H36N2O8/c1-5-17-35-23-14-10-9-13-21(28(33)36-18(2)25(23)38-20-11-7-6-8-12-20)30-27(32)24-26(37-19(3)31)22(34-4)15-16-29-24/h6-8,11-12,15-16,18,21,23,25H,5,9-10,13-14,17H2,1-4H3,(H,30,32)/t18-,21-,23-,25-/m0/s1. The first-order valence-corrected chi connectivity index (χ1v) is 12.9. The van der Waals surface area contributed by atoms with Gasteiger partial charge in [0.2, 0.25) is 5.75 Å². The first-order valence-electron chi connectivity index (χ1n) is 12.9. The van der Waals surface area contributed by atoms with E-state index in [1.165, 1.54) is 26.3 Å². The van der Waals surface area contributed by atoms with Crippen molar-refractivity contribution in [3.05, 3.63) is 48.3 Å². The van der Waals surface area contributed by atoms with Crippen molar-refractivity contribution in [3.8, 4) is 17.2 Å². The second-order valence-corrected chi connectivity index (χ2v) is 9.04. The second-order valence-electron chi connectivity index (χ2n) is 9.04. The predicted molar refractivity (Wildman–Crippen MR) is 138 cm³/mol. The highest BCUT2D eigenvalue weighted by molar-refractivity contribution is 5.98. The molecule has 0 radical (unpaired) electrons. The Labute approximate surface area is 223 Å². The first-order chi connectivity index (χ1) is 18.3. The molecule has 3 rings (SSSR count). The Hall–Kier alpha value is -3.66. The van der Waals surface area contributed by atoms with Crippen LogP contribution >= 0.6 is 0 Å². The van der Waals surface area contributed by atoms with E-state index < -0.39 is 36.1 Å². The van der Waals surface area contributed by atoms with Crippen molar-refractivity contribution in [2.75, 3.05) is 13.7 Å². The summed E-state index contributed by atoms with van der Waals surface area (Å²) in [7, 11) is 1.38. The number of aromatic nitrogens is 1. The van der Waals surface area contributed by atoms with E-state index in [2.05, 4.69) is 10.3 Å². The number of hydrogen-bond donors (Lipinski definition) is 1. The number of para-hydroxylation sites is 1. The van der Waals surface area contributed by atoms with Crippen LogP contribution in [0.4, 0.5) is 0 Å². The molecule has 2 heterocycles. The fraction of sp³-hybridized carbons (Fsp3) is 0.500. The van der Waals surface area contributed by atoms with Crippen LogP contribution in [0.25, 0.3) is 0 Å². The molecule has 0 aliphatic carbocycles. The summed E-state index contributed by atoms with van der Waals surface area (Å²) in [4.78, 5) is 42.1. The van der Waals surface area contributed by atoms with E-state index in [1.807, 2.05) is 37.3 Å². The number of methoxy groups -OCH3 is 1. The van der Waals surface area contributed by atoms with E-state index in [1.54, 1.807) is 6.92 Å². The highest BCUT2D eigenvalue weighted by Gasteiger charge is 2.36. The van der Waals surface area contributed by atoms with Gasteiger partial charge >= 0.3 is 11.9 Å². The third-order valence-electron chi connectivity index (χ3n) is 6.05. The molecule has 1 amide bonds. The van der Waals surface area contributed by atoms with Gasteiger partial charge in [0.15, 0.2) is 17.5 Å². The molecule has 1 aliphatic rings. The quantitative estimate of drug-likeness (QED) is 0.483. The lowest BCUT2D eigenvalue weighted by molar-refractivity contribution is -0.162. The summed E-state index contributed by atoms with van der Waals surface area (Å²) in [6.07, 6.45) is 3.19. The molecule has 1 aliphatic heterocycles. The summed E-state index contributed by atoms with van der Waals surface area (Å²) in [5.74, 6) is -1.22. The number of carbonyl (C=O) groups excluding carboxylic acids is 3. The highest BCUT2D eigenvalue weighted by atomic mass is 16.6. The molecular weight excluding hydrogens is 492 g/mol. The fourth-order valence-corrected chi connectivity index (χ4v) is 4.24. The van der Waals surface area contributed by atoms with Gasteiger partial charge in [-0.3, -0.25) is 9.59 Å². The SMILES string of the molecule is CCCO[C@H]1CCCC[C@H](NC(=O)c2nccc(OC)c2OC(C)=O)C(=O)O[C@@H](C)[C@@H]1Oc1ccccc1. The van der Waals surface area contributed by atoms with E-state index in [-0.39, 0.29) is 23.3 Å². The largest absolute Gasteiger partial charge is 0.493 e. The second kappa shape index (κ2) is 14.3. The Morgan fingerprint density at radius 1 is 1.13 bits per heavy atom. The zero-order valence-corrected chi connectivity index (χ0v) is 22.3. The van der Waals surface area contributed by atoms with Gasteiger partial charge < -0.3 is 29.0 Å². The predicted octanol–water partition coefficient (Wildman–Crippen LogP) is 3.86. The summed E-state index contributed by atoms with van der Waals surface area (Å²) in [5.41, 5.74) is -0.171. The van der Waals surface area contributed by atoms with E-state index in [0.29, 0.717) is 31.6 Å². The average Bonchev–Trinajstić information content (AvgIpc) is 2.90. The summed E-state index contributed by atoms with van der Waals surface area (Å²) in [6, 6.07) is 9.86. The molecule has 2 aromatic rings. The minimum atomic E-state index is -0.936. The maximum absolute atomic E-state index is 13.3. The lowest BCUT2D eigenvalue weighted by Gasteiger charge is -2.34. The van der Waals surface area contributed by atoms with Gasteiger partial charge in [0.25, 0.3) is 5.91 Å². The van der Waals surface area contributed by atoms with E-state index in [0.717, 1.165) is 12.8 Å². The lowest BCUT2D eigenvalue weighted by Crippen LogP contribution is -2.49. The summed E-state index contributed by atoms with van der Waals surface area (Å²) >= 11 is 0. The van der Waals surface area contributed by atoms with Crippen LogP contribution in [-0.2, 0) is 19.1 Å². The molecule has 4 atom stereocenters. The zero-order valence-electron chi connectivity index (χ0n) is 22.3. The normalized spacial score (nSPS) is 22.1. The average molecular weight is 529 g/mol. The molecule has 1 N–H and O–H groups in total. The number of nitrogens with one attached hydrogen (secondary N) is 1. The molecule has 1 aromatic heterocycles. The van der Waals surface area contributed by atoms with Crippen LogP contribution in [0.2, 0.25) is 0 Å². The van der Waals surface area contributed by atoms with E-state index in [4.69, 9.17) is 23.7 Å². The van der Waals surface area contributed by atoms with Crippen molar-refractivity contribution in [2.45, 2.75) is 77.2 Å². The Morgan fingerprint density at radius 2 is 1.87 bits per heavy atom. The number of amides is 1. The maximum Gasteiger partial charge on any atom is 0.329 e. The Morgan fingerprint density at radius 3 is 2.55 bits per heavy atom. The number of hydrogen-bond acceptors (Lipinski definition) is 9. The van der Waals surface area contributed by atoms with Crippen molar-refractivity contribution in [1.82, 2.24) is 10.3 Å². The Bertz CT molecular complexity index is 1080. The molecule has 1 saturated heterocycles. The van der Waals surface area contributed by atoms with E-state index in [9.17, 15) is 14.4 Å². The van der Waals surface area contributed by atoms with Gasteiger partial charge in [-0.1, -0.05) is 38.0 Å². The third kappa shape index (κ3) is 7.92. The number of cyclic esters (lactones) is 1. The van der Waals surface area contributed by atoms with Gasteiger partial charge in [0.05, 0.1) is 13.2 Å². The summed E-state index contributed by atoms with van der Waals surface area (Å²) in [6.45, 7) is 5.57. The molecule has 10 nitrogen and oxygen atoms in total. The molecule has 1 fully saturated rings. The molecule has 0 saturated carbocycles. The van der Waals surface area contributed by atoms with Crippen LogP contribution in [0.1, 0.15) is 63.4 Å². The molecular formula is C28H36N2O8. The molecule has 0 unspecified atom stereocenters. The molecule has 206 valence electrons. The van der Waals surface area contributed by atoms with Gasteiger partial charge in [0.1, 0.15) is 17.9 Å². The van der Waals surface area contributed by atoms with Gasteiger partial charge in [-0.25, -0.2) is 9.78 Å². The number of rotatable bonds is 9. The minimum Gasteiger partial charge on any atom is -0.493 e. The van der Waals surface area contributed by atoms with E-state index >= 15 is 0 Å². The number of nitrogens with zero attached hydrogens (tertiary/aromatic N) is 1. The van der Waals surface area contributed by atoms with Gasteiger partial charge in [-0.15, -0.1) is 0 Å². The van der Waals surface area contributed by atoms with Crippen LogP contribution in [-0.4, -0.2) is 60.9 Å². The number of carbonyl (C=O) groups is 3. The Kier molecular flexibility index (Phi) is 10.9. The fourth-order valence-electron chi connectivity index (χ4n) is 4.24. The summed E-state index contributed by atoms with van der Waals surface area (Å²) < 4.78 is 28.6. The lowest BCUT2D eigenvalue weighted by atomic mass is 9.98. The first kappa shape index (κ1) is 28.9. The third-order valence-corrected chi connectivity index (χ3v) is 6.05. The number of benzene rings is 1. The highest BCUT2D eigenvalue weighted by Crippen LogP contribution is 2.30. The molecule has 1 aromatic carbocycles. The summed E-state index contributed by atoms with van der Waals surface area (Å²) in [5, 5.41) is 2.70. The van der Waals surface area contributed by atoms with Crippen molar-refractivity contribution >= 4 is 17.8 Å². The Balaban J connectivity index is 1.80. The number of esters is 2. The molecule has 38 heavy (non-hydrogen) atoms. The van der Waals surface area contributed by atoms with Crippen molar-refractivity contribution < 1.29 is 38.1 Å². The van der Waals surface area contributed by atoms with Gasteiger partial charge in [-0.05, 0) is 38.3 Å². The van der Waals surface area contributed by atoms with Crippen LogP contribution in [0.3, 0.4) is 0 Å². The van der Waals surface area contributed by atoms with Gasteiger partial charge in [-0.2, -0.15) is 0 Å². The van der Waals surface area contributed by atoms with Crippen LogP contribution in [0, 0.1) is 0 Å². The topological polar surface area (TPSA) is 122 Å². The van der Waals surface area contributed by atoms with Gasteiger partial charge in [0, 0.05) is 25.8 Å². The van der Waals surface area contributed by atoms with Crippen molar-refractivity contribution in [1.29, 1.82) is 0 Å². The number of ether oxygens (including phenoxy) is 5. The maximum atomic E-state index is 13.3. The monoisotopic (exact) mass is 528 g/mol. The van der Waals surface area contributed by atoms with Crippen LogP contribution in [0.5, 0.6) is 17.2 Å². The van der Waals surface area contributed by atoms with Crippen molar-refractivity contribution in [3.63, 3.8) is 0 Å². The molecule has 0 bridgehead atoms. The van der Waals surface area contributed by atoms with Crippen LogP contribution < -0.4 is 19.5 Å². The molecule has 10 heteroatoms. The van der Waals surface area contributed by atoms with Crippen LogP contribution in [0.15, 0.2) is 42.6 Å². The zero-order chi connectivity index (χ0) is 27.5. The van der Waals surface area contributed by atoms with Crippen molar-refractivity contribution in [2.24, 2.45) is 0 Å². The minimum absolute atomic E-state index is 0.117.